The fourth-order valence-corrected chi connectivity index (χ4v) is 3.72. The van der Waals surface area contributed by atoms with E-state index in [0.29, 0.717) is 23.2 Å². The number of hydrogen-bond donors (Lipinski definition) is 0. The molecule has 0 N–H and O–H groups in total. The molecule has 0 spiro atoms. The van der Waals surface area contributed by atoms with Gasteiger partial charge in [-0.25, -0.2) is 0 Å². The van der Waals surface area contributed by atoms with E-state index >= 15 is 0 Å². The summed E-state index contributed by atoms with van der Waals surface area (Å²) in [6.07, 6.45) is 1.65. The number of para-hydroxylation sites is 1. The summed E-state index contributed by atoms with van der Waals surface area (Å²) < 4.78 is 12.6. The standard InChI is InChI=1S/C26H23NO4/c1-17-8-13-23-21(14-17)26(29)22(25(28)18-9-11-20(30-2)12-10-18)16-27(23)15-19-6-4-5-7-24(19)31-3/h4-14,16H,15H2,1-3H3. The highest BCUT2D eigenvalue weighted by Crippen LogP contribution is 2.22. The Kier molecular flexibility index (Phi) is 5.58. The van der Waals surface area contributed by atoms with Crippen molar-refractivity contribution < 1.29 is 14.3 Å². The number of aromatic nitrogens is 1. The number of ketones is 1. The van der Waals surface area contributed by atoms with Crippen molar-refractivity contribution in [3.8, 4) is 11.5 Å². The first-order valence-electron chi connectivity index (χ1n) is 9.96. The van der Waals surface area contributed by atoms with Gasteiger partial charge in [-0.3, -0.25) is 9.59 Å². The number of aryl methyl sites for hydroxylation is 1. The predicted octanol–water partition coefficient (Wildman–Crippen LogP) is 4.61. The van der Waals surface area contributed by atoms with Crippen molar-refractivity contribution in [3.05, 3.63) is 105 Å². The van der Waals surface area contributed by atoms with Crippen LogP contribution in [-0.2, 0) is 6.54 Å². The molecule has 0 saturated carbocycles. The molecule has 1 aromatic heterocycles. The van der Waals surface area contributed by atoms with E-state index in [9.17, 15) is 9.59 Å². The minimum atomic E-state index is -0.315. The van der Waals surface area contributed by atoms with Gasteiger partial charge in [-0.15, -0.1) is 0 Å². The molecule has 0 fully saturated rings. The Morgan fingerprint density at radius 3 is 2.39 bits per heavy atom. The minimum Gasteiger partial charge on any atom is -0.497 e. The Bertz CT molecular complexity index is 1320. The maximum atomic E-state index is 13.3. The predicted molar refractivity (Wildman–Crippen MR) is 121 cm³/mol. The molecule has 0 aliphatic heterocycles. The summed E-state index contributed by atoms with van der Waals surface area (Å²) in [4.78, 5) is 26.5. The summed E-state index contributed by atoms with van der Waals surface area (Å²) >= 11 is 0. The summed E-state index contributed by atoms with van der Waals surface area (Å²) in [7, 11) is 3.20. The van der Waals surface area contributed by atoms with E-state index in [0.717, 1.165) is 22.4 Å². The van der Waals surface area contributed by atoms with Crippen LogP contribution >= 0.6 is 0 Å². The first-order valence-corrected chi connectivity index (χ1v) is 9.96. The van der Waals surface area contributed by atoms with E-state index in [1.807, 2.05) is 54.0 Å². The Labute approximate surface area is 180 Å². The molecule has 156 valence electrons. The number of fused-ring (bicyclic) bond motifs is 1. The molecule has 4 rings (SSSR count). The van der Waals surface area contributed by atoms with Crippen molar-refractivity contribution in [1.82, 2.24) is 4.57 Å². The third kappa shape index (κ3) is 3.94. The molecule has 0 radical (unpaired) electrons. The summed E-state index contributed by atoms with van der Waals surface area (Å²) in [5.74, 6) is 1.09. The number of rotatable bonds is 6. The van der Waals surface area contributed by atoms with Crippen LogP contribution in [0.1, 0.15) is 27.0 Å². The highest BCUT2D eigenvalue weighted by Gasteiger charge is 2.18. The first kappa shape index (κ1) is 20.4. The Balaban J connectivity index is 1.88. The van der Waals surface area contributed by atoms with Crippen LogP contribution in [0.2, 0.25) is 0 Å². The maximum absolute atomic E-state index is 13.3. The van der Waals surface area contributed by atoms with Gasteiger partial charge in [0.2, 0.25) is 5.43 Å². The van der Waals surface area contributed by atoms with E-state index in [-0.39, 0.29) is 16.8 Å². The number of carbonyl (C=O) groups is 1. The summed E-state index contributed by atoms with van der Waals surface area (Å²) in [6.45, 7) is 2.40. The zero-order valence-electron chi connectivity index (χ0n) is 17.7. The lowest BCUT2D eigenvalue weighted by Crippen LogP contribution is -2.20. The van der Waals surface area contributed by atoms with Crippen LogP contribution in [0, 0.1) is 6.92 Å². The SMILES string of the molecule is COc1ccc(C(=O)c2cn(Cc3ccccc3OC)c3ccc(C)cc3c2=O)cc1. The molecule has 0 aliphatic rings. The number of hydrogen-bond acceptors (Lipinski definition) is 4. The number of methoxy groups -OCH3 is 2. The van der Waals surface area contributed by atoms with E-state index in [1.165, 1.54) is 0 Å². The molecule has 31 heavy (non-hydrogen) atoms. The zero-order chi connectivity index (χ0) is 22.0. The molecule has 0 aliphatic carbocycles. The van der Waals surface area contributed by atoms with Crippen molar-refractivity contribution in [3.63, 3.8) is 0 Å². The Morgan fingerprint density at radius 2 is 1.68 bits per heavy atom. The number of ether oxygens (including phenoxy) is 2. The monoisotopic (exact) mass is 413 g/mol. The second-order valence-corrected chi connectivity index (χ2v) is 7.39. The van der Waals surface area contributed by atoms with E-state index in [2.05, 4.69) is 0 Å². The summed E-state index contributed by atoms with van der Waals surface area (Å²) in [5.41, 5.74) is 3.00. The van der Waals surface area contributed by atoms with Crippen molar-refractivity contribution >= 4 is 16.7 Å². The quantitative estimate of drug-likeness (QED) is 0.433. The highest BCUT2D eigenvalue weighted by atomic mass is 16.5. The van der Waals surface area contributed by atoms with E-state index < -0.39 is 0 Å². The second kappa shape index (κ2) is 8.48. The zero-order valence-corrected chi connectivity index (χ0v) is 17.7. The number of nitrogens with zero attached hydrogens (tertiary/aromatic N) is 1. The molecule has 1 heterocycles. The van der Waals surface area contributed by atoms with Gasteiger partial charge in [0.25, 0.3) is 0 Å². The lowest BCUT2D eigenvalue weighted by atomic mass is 10.0. The van der Waals surface area contributed by atoms with Gasteiger partial charge in [-0.2, -0.15) is 0 Å². The van der Waals surface area contributed by atoms with Crippen LogP contribution in [0.3, 0.4) is 0 Å². The largest absolute Gasteiger partial charge is 0.497 e. The molecule has 4 aromatic rings. The first-order chi connectivity index (χ1) is 15.0. The fraction of sp³-hybridized carbons (Fsp3) is 0.154. The third-order valence-electron chi connectivity index (χ3n) is 5.37. The lowest BCUT2D eigenvalue weighted by molar-refractivity contribution is 0.103. The van der Waals surface area contributed by atoms with Crippen molar-refractivity contribution in [2.75, 3.05) is 14.2 Å². The number of carbonyl (C=O) groups excluding carboxylic acids is 1. The van der Waals surface area contributed by atoms with Crippen molar-refractivity contribution in [2.45, 2.75) is 13.5 Å². The van der Waals surface area contributed by atoms with Crippen LogP contribution in [0.5, 0.6) is 11.5 Å². The normalized spacial score (nSPS) is 10.8. The lowest BCUT2D eigenvalue weighted by Gasteiger charge is -2.16. The van der Waals surface area contributed by atoms with Crippen LogP contribution in [0.25, 0.3) is 10.9 Å². The number of benzene rings is 3. The molecule has 5 nitrogen and oxygen atoms in total. The van der Waals surface area contributed by atoms with Crippen LogP contribution in [0.4, 0.5) is 0 Å². The van der Waals surface area contributed by atoms with E-state index in [4.69, 9.17) is 9.47 Å². The van der Waals surface area contributed by atoms with Gasteiger partial charge in [-0.05, 0) is 49.4 Å². The van der Waals surface area contributed by atoms with Crippen molar-refractivity contribution in [2.24, 2.45) is 0 Å². The molecular weight excluding hydrogens is 390 g/mol. The summed E-state index contributed by atoms with van der Waals surface area (Å²) in [6, 6.07) is 20.2. The molecule has 3 aromatic carbocycles. The third-order valence-corrected chi connectivity index (χ3v) is 5.37. The van der Waals surface area contributed by atoms with Crippen molar-refractivity contribution in [1.29, 1.82) is 0 Å². The molecule has 0 atom stereocenters. The highest BCUT2D eigenvalue weighted by molar-refractivity contribution is 6.10. The molecule has 5 heteroatoms. The van der Waals surface area contributed by atoms with Gasteiger partial charge >= 0.3 is 0 Å². The molecule has 0 unspecified atom stereocenters. The van der Waals surface area contributed by atoms with Gasteiger partial charge in [-0.1, -0.05) is 29.8 Å². The fourth-order valence-electron chi connectivity index (χ4n) is 3.72. The number of pyridine rings is 1. The topological polar surface area (TPSA) is 57.5 Å². The molecule has 0 saturated heterocycles. The maximum Gasteiger partial charge on any atom is 0.200 e. The second-order valence-electron chi connectivity index (χ2n) is 7.39. The van der Waals surface area contributed by atoms with Crippen LogP contribution in [-0.4, -0.2) is 24.6 Å². The Hall–Kier alpha value is -3.86. The average Bonchev–Trinajstić information content (AvgIpc) is 2.81. The smallest absolute Gasteiger partial charge is 0.200 e. The van der Waals surface area contributed by atoms with Gasteiger partial charge < -0.3 is 14.0 Å². The molecule has 0 amide bonds. The Morgan fingerprint density at radius 1 is 0.935 bits per heavy atom. The van der Waals surface area contributed by atoms with Crippen LogP contribution < -0.4 is 14.9 Å². The van der Waals surface area contributed by atoms with E-state index in [1.54, 1.807) is 44.7 Å². The molecule has 0 bridgehead atoms. The van der Waals surface area contributed by atoms with Crippen LogP contribution in [0.15, 0.2) is 77.7 Å². The van der Waals surface area contributed by atoms with Gasteiger partial charge in [0.1, 0.15) is 11.5 Å². The summed E-state index contributed by atoms with van der Waals surface area (Å²) in [5, 5.41) is 0.522. The average molecular weight is 413 g/mol. The van der Waals surface area contributed by atoms with Gasteiger partial charge in [0, 0.05) is 22.7 Å². The minimum absolute atomic E-state index is 0.137. The molecular formula is C26H23NO4. The van der Waals surface area contributed by atoms with Gasteiger partial charge in [0.05, 0.1) is 31.8 Å². The van der Waals surface area contributed by atoms with Gasteiger partial charge in [0.15, 0.2) is 5.78 Å².